The van der Waals surface area contributed by atoms with Gasteiger partial charge in [0.25, 0.3) is 0 Å². The van der Waals surface area contributed by atoms with Crippen LogP contribution in [-0.4, -0.2) is 0 Å². The molecule has 1 aliphatic heterocycles. The molecular formula is C32H42Zr. The van der Waals surface area contributed by atoms with E-state index < -0.39 is 20.3 Å². The minimum absolute atomic E-state index is 0.757. The van der Waals surface area contributed by atoms with Gasteiger partial charge in [-0.25, -0.2) is 0 Å². The molecule has 1 heteroatoms. The Hall–Kier alpha value is -1.20. The van der Waals surface area contributed by atoms with Crippen molar-refractivity contribution in [2.24, 2.45) is 0 Å². The van der Waals surface area contributed by atoms with Gasteiger partial charge >= 0.3 is 208 Å². The first-order valence-corrected chi connectivity index (χ1v) is 19.3. The van der Waals surface area contributed by atoms with Gasteiger partial charge in [0.05, 0.1) is 0 Å². The summed E-state index contributed by atoms with van der Waals surface area (Å²) in [5.41, 5.74) is 25.8. The standard InChI is InChI=1S/2C15H19.C2H4.Zr/c2*1-8-7-14-12(5)10(3)11(4)13(6)15(14)9(8)2;1-2;/h2*7H,1-6H3;1-2H2;. The molecule has 33 heavy (non-hydrogen) atoms. The van der Waals surface area contributed by atoms with Gasteiger partial charge in [0.2, 0.25) is 0 Å². The number of benzene rings is 2. The first-order chi connectivity index (χ1) is 15.4. The Kier molecular flexibility index (Phi) is 5.28. The van der Waals surface area contributed by atoms with Crippen LogP contribution < -0.4 is 0 Å². The zero-order valence-corrected chi connectivity index (χ0v) is 25.5. The van der Waals surface area contributed by atoms with Gasteiger partial charge in [0.15, 0.2) is 0 Å². The Morgan fingerprint density at radius 3 is 1.03 bits per heavy atom. The van der Waals surface area contributed by atoms with Crippen LogP contribution in [-0.2, 0) is 20.3 Å². The van der Waals surface area contributed by atoms with Crippen LogP contribution >= 0.6 is 0 Å². The van der Waals surface area contributed by atoms with Gasteiger partial charge < -0.3 is 0 Å². The Morgan fingerprint density at radius 2 is 0.727 bits per heavy atom. The number of fused-ring (bicyclic) bond motifs is 2. The summed E-state index contributed by atoms with van der Waals surface area (Å²) in [5, 5.41) is 0. The molecule has 0 spiro atoms. The number of allylic oxidation sites excluding steroid dienone is 4. The van der Waals surface area contributed by atoms with E-state index in [2.05, 4.69) is 83.1 Å². The van der Waals surface area contributed by atoms with E-state index in [4.69, 9.17) is 0 Å². The molecule has 2 aliphatic carbocycles. The Morgan fingerprint density at radius 1 is 0.424 bits per heavy atom. The third-order valence-electron chi connectivity index (χ3n) is 10.8. The third-order valence-corrected chi connectivity index (χ3v) is 24.1. The van der Waals surface area contributed by atoms with E-state index >= 15 is 0 Å². The molecule has 5 rings (SSSR count). The fourth-order valence-corrected chi connectivity index (χ4v) is 26.4. The molecule has 2 aromatic rings. The fraction of sp³-hybridized carbons (Fsp3) is 0.500. The number of rotatable bonds is 2. The molecule has 1 heterocycles. The summed E-state index contributed by atoms with van der Waals surface area (Å²) in [6.45, 7) is 28.9. The first-order valence-electron chi connectivity index (χ1n) is 12.9. The zero-order valence-electron chi connectivity index (χ0n) is 23.1. The van der Waals surface area contributed by atoms with Crippen LogP contribution in [0.15, 0.2) is 11.1 Å². The van der Waals surface area contributed by atoms with Crippen molar-refractivity contribution in [2.75, 3.05) is 0 Å². The maximum atomic E-state index is 2.50. The fourth-order valence-electron chi connectivity index (χ4n) is 7.96. The summed E-state index contributed by atoms with van der Waals surface area (Å²) >= 11 is -2.59. The molecule has 0 saturated carbocycles. The van der Waals surface area contributed by atoms with Gasteiger partial charge in [0, 0.05) is 0 Å². The molecule has 0 aromatic heterocycles. The van der Waals surface area contributed by atoms with Gasteiger partial charge in [-0.1, -0.05) is 0 Å². The molecule has 1 saturated heterocycles. The first kappa shape index (κ1) is 23.5. The second-order valence-corrected chi connectivity index (χ2v) is 23.2. The van der Waals surface area contributed by atoms with E-state index in [0.29, 0.717) is 0 Å². The Bertz CT molecular complexity index is 1220. The van der Waals surface area contributed by atoms with E-state index in [1.165, 1.54) is 22.3 Å². The van der Waals surface area contributed by atoms with Crippen molar-refractivity contribution in [3.63, 3.8) is 0 Å². The Labute approximate surface area is 207 Å². The summed E-state index contributed by atoms with van der Waals surface area (Å²) in [4.78, 5) is 0. The summed E-state index contributed by atoms with van der Waals surface area (Å²) < 4.78 is 4.61. The van der Waals surface area contributed by atoms with Crippen molar-refractivity contribution in [3.8, 4) is 0 Å². The summed E-state index contributed by atoms with van der Waals surface area (Å²) in [6, 6.07) is 0. The molecule has 0 bridgehead atoms. The minimum atomic E-state index is -2.59. The van der Waals surface area contributed by atoms with E-state index in [0.717, 1.165) is 7.25 Å². The van der Waals surface area contributed by atoms with Gasteiger partial charge in [-0.15, -0.1) is 0 Å². The molecule has 2 unspecified atom stereocenters. The van der Waals surface area contributed by atoms with Gasteiger partial charge in [-0.05, 0) is 0 Å². The molecule has 0 nitrogen and oxygen atoms in total. The van der Waals surface area contributed by atoms with E-state index in [1.54, 1.807) is 75.1 Å². The van der Waals surface area contributed by atoms with E-state index in [1.807, 2.05) is 0 Å². The average Bonchev–Trinajstić information content (AvgIpc) is 3.46. The number of hydrogen-bond acceptors (Lipinski definition) is 0. The van der Waals surface area contributed by atoms with Crippen LogP contribution in [0.2, 0.25) is 8.26 Å². The average molecular weight is 518 g/mol. The van der Waals surface area contributed by atoms with Crippen molar-refractivity contribution >= 4 is 11.1 Å². The molecule has 0 radical (unpaired) electrons. The normalized spacial score (nSPS) is 22.9. The Balaban J connectivity index is 1.80. The van der Waals surface area contributed by atoms with E-state index in [-0.39, 0.29) is 0 Å². The van der Waals surface area contributed by atoms with Crippen LogP contribution in [0.5, 0.6) is 0 Å². The van der Waals surface area contributed by atoms with E-state index in [9.17, 15) is 0 Å². The monoisotopic (exact) mass is 516 g/mol. The van der Waals surface area contributed by atoms with Crippen molar-refractivity contribution in [1.82, 2.24) is 0 Å². The van der Waals surface area contributed by atoms with Gasteiger partial charge in [0.1, 0.15) is 0 Å². The van der Waals surface area contributed by atoms with Crippen molar-refractivity contribution < 1.29 is 20.3 Å². The zero-order chi connectivity index (χ0) is 24.3. The van der Waals surface area contributed by atoms with Crippen molar-refractivity contribution in [2.45, 2.75) is 98.6 Å². The third kappa shape index (κ3) is 2.78. The SMILES string of the molecule is CC1=C(C)[CH]([Zr]2([CH]3C(C)=C(C)c4c(C)c(C)c(C)c(C)c43)[CH2][CH2]2)c2c(C)c(C)c(C)c(C)c21. The molecular weight excluding hydrogens is 476 g/mol. The predicted octanol–water partition coefficient (Wildman–Crippen LogP) is 9.55. The quantitative estimate of drug-likeness (QED) is 0.372. The van der Waals surface area contributed by atoms with Crippen LogP contribution in [0.1, 0.15) is 102 Å². The molecule has 2 atom stereocenters. The molecule has 174 valence electrons. The van der Waals surface area contributed by atoms with Crippen molar-refractivity contribution in [3.05, 3.63) is 77.9 Å². The molecule has 3 aliphatic rings. The number of hydrogen-bond donors (Lipinski definition) is 0. The van der Waals surface area contributed by atoms with Crippen LogP contribution in [0.3, 0.4) is 0 Å². The summed E-state index contributed by atoms with van der Waals surface area (Å²) in [7, 11) is 0. The molecule has 0 amide bonds. The molecule has 1 fully saturated rings. The van der Waals surface area contributed by atoms with Gasteiger partial charge in [-0.3, -0.25) is 0 Å². The van der Waals surface area contributed by atoms with Gasteiger partial charge in [-0.2, -0.15) is 0 Å². The second kappa shape index (κ2) is 7.40. The van der Waals surface area contributed by atoms with Crippen LogP contribution in [0, 0.1) is 55.4 Å². The second-order valence-electron chi connectivity index (χ2n) is 11.8. The van der Waals surface area contributed by atoms with Crippen molar-refractivity contribution in [1.29, 1.82) is 0 Å². The maximum absolute atomic E-state index is 2.59. The summed E-state index contributed by atoms with van der Waals surface area (Å²) in [5.74, 6) is 0. The predicted molar refractivity (Wildman–Crippen MR) is 142 cm³/mol. The van der Waals surface area contributed by atoms with Crippen LogP contribution in [0.4, 0.5) is 0 Å². The molecule has 2 aromatic carbocycles. The van der Waals surface area contributed by atoms with Crippen LogP contribution in [0.25, 0.3) is 11.1 Å². The topological polar surface area (TPSA) is 0 Å². The summed E-state index contributed by atoms with van der Waals surface area (Å²) in [6.07, 6.45) is 0. The molecule has 0 N–H and O–H groups in total.